The van der Waals surface area contributed by atoms with E-state index >= 15 is 0 Å². The zero-order valence-electron chi connectivity index (χ0n) is 37.4. The molecule has 0 amide bonds. The van der Waals surface area contributed by atoms with Crippen molar-refractivity contribution in [3.05, 3.63) is 267 Å². The Bertz CT molecular complexity index is 4000. The normalized spacial score (nSPS) is 11.5. The molecule has 0 saturated heterocycles. The number of rotatable bonds is 7. The fourth-order valence-electron chi connectivity index (χ4n) is 10.7. The van der Waals surface area contributed by atoms with Gasteiger partial charge in [0.05, 0.1) is 0 Å². The van der Waals surface area contributed by atoms with Gasteiger partial charge >= 0.3 is 0 Å². The fourth-order valence-corrected chi connectivity index (χ4v) is 10.7. The van der Waals surface area contributed by atoms with E-state index in [1.165, 1.54) is 132 Å². The molecule has 0 aliphatic rings. The SMILES string of the molecule is c1cc(-c2ccc(-c3c4ccccc4c(-c4ccc(-c5cccc(-c6ccc7ccccc7c6-c6ccc7ccccc7c6)c5)cc4)c4ccccc34)cc2)cc(-c2ccc3ccccc3c2)c1. The summed E-state index contributed by atoms with van der Waals surface area (Å²) in [4.78, 5) is 0. The first kappa shape index (κ1) is 39.5. The average Bonchev–Trinajstić information content (AvgIpc) is 3.42. The lowest BCUT2D eigenvalue weighted by molar-refractivity contribution is 1.58. The van der Waals surface area contributed by atoms with Crippen LogP contribution in [0.4, 0.5) is 0 Å². The lowest BCUT2D eigenvalue weighted by Gasteiger charge is -2.18. The predicted octanol–water partition coefficient (Wildman–Crippen LogP) is 19.1. The molecular weight excluding hydrogens is 817 g/mol. The van der Waals surface area contributed by atoms with E-state index in [-0.39, 0.29) is 0 Å². The standard InChI is InChI=1S/C68H44/c1-3-16-52-42-57(37-31-45(52)13-1)56-20-11-18-54(41-56)47-27-33-50(34-28-47)66-62-23-7-9-25-64(62)67(65-26-10-8-24-63(65)66)51-35-29-48(30-36-51)55-19-12-21-58(43-55)61-40-39-49-15-5-6-22-60(49)68(61)59-38-32-46-14-2-4-17-53(46)44-59/h1-44H. The maximum absolute atomic E-state index is 2.36. The molecule has 68 heavy (non-hydrogen) atoms. The third-order valence-corrected chi connectivity index (χ3v) is 14.0. The van der Waals surface area contributed by atoms with Gasteiger partial charge in [-0.3, -0.25) is 0 Å². The molecule has 0 aromatic heterocycles. The first-order valence-corrected chi connectivity index (χ1v) is 23.6. The summed E-state index contributed by atoms with van der Waals surface area (Å²) in [6, 6.07) is 98.3. The Morgan fingerprint density at radius 1 is 0.147 bits per heavy atom. The van der Waals surface area contributed by atoms with Crippen LogP contribution in [0.3, 0.4) is 0 Å². The van der Waals surface area contributed by atoms with E-state index in [2.05, 4.69) is 267 Å². The van der Waals surface area contributed by atoms with Crippen molar-refractivity contribution in [3.63, 3.8) is 0 Å². The molecule has 0 saturated carbocycles. The lowest BCUT2D eigenvalue weighted by Crippen LogP contribution is -1.91. The molecule has 0 atom stereocenters. The summed E-state index contributed by atoms with van der Waals surface area (Å²) in [5, 5.41) is 12.5. The third kappa shape index (κ3) is 6.94. The zero-order valence-corrected chi connectivity index (χ0v) is 37.4. The zero-order chi connectivity index (χ0) is 45.0. The largest absolute Gasteiger partial charge is 0.0616 e. The highest BCUT2D eigenvalue weighted by Crippen LogP contribution is 2.45. The second kappa shape index (κ2) is 16.5. The Hall–Kier alpha value is -8.84. The highest BCUT2D eigenvalue weighted by molar-refractivity contribution is 6.21. The van der Waals surface area contributed by atoms with Crippen LogP contribution in [0.5, 0.6) is 0 Å². The van der Waals surface area contributed by atoms with Gasteiger partial charge < -0.3 is 0 Å². The van der Waals surface area contributed by atoms with Gasteiger partial charge in [0.15, 0.2) is 0 Å². The van der Waals surface area contributed by atoms with Crippen LogP contribution in [0.1, 0.15) is 0 Å². The van der Waals surface area contributed by atoms with Crippen LogP contribution in [0.2, 0.25) is 0 Å². The monoisotopic (exact) mass is 860 g/mol. The molecule has 316 valence electrons. The average molecular weight is 861 g/mol. The first-order valence-electron chi connectivity index (χ1n) is 23.6. The minimum absolute atomic E-state index is 1.19. The minimum atomic E-state index is 1.19. The highest BCUT2D eigenvalue weighted by atomic mass is 14.2. The molecule has 0 nitrogen and oxygen atoms in total. The molecule has 0 bridgehead atoms. The topological polar surface area (TPSA) is 0 Å². The van der Waals surface area contributed by atoms with Crippen LogP contribution in [-0.2, 0) is 0 Å². The van der Waals surface area contributed by atoms with E-state index in [4.69, 9.17) is 0 Å². The Labute approximate surface area is 396 Å². The maximum Gasteiger partial charge on any atom is -0.00264 e. The third-order valence-electron chi connectivity index (χ3n) is 14.0. The summed E-state index contributed by atoms with van der Waals surface area (Å²) in [5.74, 6) is 0. The van der Waals surface area contributed by atoms with Crippen molar-refractivity contribution in [3.8, 4) is 77.9 Å². The van der Waals surface area contributed by atoms with E-state index in [9.17, 15) is 0 Å². The van der Waals surface area contributed by atoms with Crippen molar-refractivity contribution in [1.29, 1.82) is 0 Å². The van der Waals surface area contributed by atoms with Gasteiger partial charge in [0.1, 0.15) is 0 Å². The van der Waals surface area contributed by atoms with Crippen molar-refractivity contribution in [2.75, 3.05) is 0 Å². The summed E-state index contributed by atoms with van der Waals surface area (Å²) in [6.45, 7) is 0. The Kier molecular flexibility index (Phi) is 9.62. The van der Waals surface area contributed by atoms with Crippen LogP contribution in [-0.4, -0.2) is 0 Å². The number of benzene rings is 13. The molecule has 0 fully saturated rings. The Morgan fingerprint density at radius 2 is 0.485 bits per heavy atom. The van der Waals surface area contributed by atoms with Gasteiger partial charge in [-0.1, -0.05) is 243 Å². The molecule has 0 N–H and O–H groups in total. The van der Waals surface area contributed by atoms with Crippen molar-refractivity contribution in [2.24, 2.45) is 0 Å². The summed E-state index contributed by atoms with van der Waals surface area (Å²) < 4.78 is 0. The lowest BCUT2D eigenvalue weighted by atomic mass is 9.85. The van der Waals surface area contributed by atoms with Crippen LogP contribution < -0.4 is 0 Å². The minimum Gasteiger partial charge on any atom is -0.0616 e. The Balaban J connectivity index is 0.856. The van der Waals surface area contributed by atoms with Gasteiger partial charge in [-0.25, -0.2) is 0 Å². The number of hydrogen-bond acceptors (Lipinski definition) is 0. The van der Waals surface area contributed by atoms with Gasteiger partial charge in [0.2, 0.25) is 0 Å². The molecule has 0 unspecified atom stereocenters. The van der Waals surface area contributed by atoms with E-state index in [0.29, 0.717) is 0 Å². The van der Waals surface area contributed by atoms with Crippen molar-refractivity contribution in [2.45, 2.75) is 0 Å². The highest BCUT2D eigenvalue weighted by Gasteiger charge is 2.18. The van der Waals surface area contributed by atoms with Crippen molar-refractivity contribution >= 4 is 53.9 Å². The predicted molar refractivity (Wildman–Crippen MR) is 292 cm³/mol. The van der Waals surface area contributed by atoms with Crippen LogP contribution in [0.25, 0.3) is 132 Å². The molecule has 13 rings (SSSR count). The molecule has 0 aliphatic heterocycles. The van der Waals surface area contributed by atoms with Crippen molar-refractivity contribution < 1.29 is 0 Å². The number of hydrogen-bond donors (Lipinski definition) is 0. The summed E-state index contributed by atoms with van der Waals surface area (Å²) >= 11 is 0. The van der Waals surface area contributed by atoms with E-state index < -0.39 is 0 Å². The van der Waals surface area contributed by atoms with Crippen LogP contribution in [0, 0.1) is 0 Å². The van der Waals surface area contributed by atoms with Gasteiger partial charge in [-0.2, -0.15) is 0 Å². The molecule has 0 aliphatic carbocycles. The van der Waals surface area contributed by atoms with Gasteiger partial charge in [-0.05, 0) is 156 Å². The molecular formula is C68H44. The molecule has 0 heterocycles. The molecule has 13 aromatic carbocycles. The smallest absolute Gasteiger partial charge is 0.00264 e. The first-order chi connectivity index (χ1) is 33.7. The fraction of sp³-hybridized carbons (Fsp3) is 0. The van der Waals surface area contributed by atoms with Crippen LogP contribution in [0.15, 0.2) is 267 Å². The second-order valence-electron chi connectivity index (χ2n) is 18.0. The molecule has 0 radical (unpaired) electrons. The molecule has 13 aromatic rings. The van der Waals surface area contributed by atoms with E-state index in [1.807, 2.05) is 0 Å². The molecule has 0 heteroatoms. The summed E-state index contributed by atoms with van der Waals surface area (Å²) in [7, 11) is 0. The quantitative estimate of drug-likeness (QED) is 0.140. The summed E-state index contributed by atoms with van der Waals surface area (Å²) in [6.07, 6.45) is 0. The van der Waals surface area contributed by atoms with E-state index in [1.54, 1.807) is 0 Å². The van der Waals surface area contributed by atoms with Gasteiger partial charge in [-0.15, -0.1) is 0 Å². The maximum atomic E-state index is 2.36. The molecule has 0 spiro atoms. The van der Waals surface area contributed by atoms with Crippen molar-refractivity contribution in [1.82, 2.24) is 0 Å². The van der Waals surface area contributed by atoms with Gasteiger partial charge in [0.25, 0.3) is 0 Å². The van der Waals surface area contributed by atoms with Gasteiger partial charge in [0, 0.05) is 0 Å². The summed E-state index contributed by atoms with van der Waals surface area (Å²) in [5.41, 5.74) is 17.1. The number of fused-ring (bicyclic) bond motifs is 5. The second-order valence-corrected chi connectivity index (χ2v) is 18.0. The Morgan fingerprint density at radius 3 is 1.01 bits per heavy atom. The van der Waals surface area contributed by atoms with Crippen LogP contribution >= 0.6 is 0 Å². The van der Waals surface area contributed by atoms with E-state index in [0.717, 1.165) is 0 Å².